The summed E-state index contributed by atoms with van der Waals surface area (Å²) in [6, 6.07) is 7.40. The molecule has 212 valence electrons. The second-order valence-electron chi connectivity index (χ2n) is 10.6. The highest BCUT2D eigenvalue weighted by Gasteiger charge is 2.34. The molecule has 0 amide bonds. The molecule has 0 atom stereocenters. The molecule has 1 aromatic carbocycles. The smallest absolute Gasteiger partial charge is 0.389 e. The van der Waals surface area contributed by atoms with Crippen molar-refractivity contribution in [1.82, 2.24) is 14.3 Å². The van der Waals surface area contributed by atoms with Crippen LogP contribution in [0.2, 0.25) is 0 Å². The zero-order valence-corrected chi connectivity index (χ0v) is 22.8. The summed E-state index contributed by atoms with van der Waals surface area (Å²) in [5.74, 6) is -0.0104. The Bertz CT molecular complexity index is 1210. The second-order valence-corrected chi connectivity index (χ2v) is 10.6. The maximum atomic E-state index is 12.6. The largest absolute Gasteiger partial charge is 0.476 e. The highest BCUT2D eigenvalue weighted by atomic mass is 19.4. The van der Waals surface area contributed by atoms with E-state index in [0.717, 1.165) is 21.2 Å². The van der Waals surface area contributed by atoms with E-state index in [1.165, 1.54) is 7.05 Å². The van der Waals surface area contributed by atoms with Crippen LogP contribution >= 0.6 is 0 Å². The van der Waals surface area contributed by atoms with E-state index in [4.69, 9.17) is 9.47 Å². The van der Waals surface area contributed by atoms with Crippen molar-refractivity contribution in [2.45, 2.75) is 90.6 Å². The molecule has 0 saturated carbocycles. The standard InChI is InChI=1S/C26H37F3N4O5/c1-24(2,3)38-22(35)25(4,5)37-19-13-9-12-18(17-19)11-7-8-15-30-20-21(34)33(23(36)32(6)31-20)16-10-14-26(27,28)29/h9,12-13,17H,7-8,10-11,14-16H2,1-6H3,(H,30,31). The second kappa shape index (κ2) is 12.5. The number of nitrogens with one attached hydrogen (secondary N) is 1. The first-order chi connectivity index (χ1) is 17.5. The van der Waals surface area contributed by atoms with Crippen LogP contribution in [0.15, 0.2) is 33.9 Å². The molecule has 0 spiro atoms. The number of rotatable bonds is 12. The average Bonchev–Trinajstić information content (AvgIpc) is 2.77. The quantitative estimate of drug-likeness (QED) is 0.316. The van der Waals surface area contributed by atoms with Crippen molar-refractivity contribution < 1.29 is 27.4 Å². The number of carbonyl (C=O) groups is 1. The van der Waals surface area contributed by atoms with Crippen LogP contribution in [-0.2, 0) is 29.5 Å². The molecule has 0 radical (unpaired) electrons. The Kier molecular flexibility index (Phi) is 10.2. The summed E-state index contributed by atoms with van der Waals surface area (Å²) >= 11 is 0. The molecule has 38 heavy (non-hydrogen) atoms. The number of aryl methyl sites for hydroxylation is 2. The van der Waals surface area contributed by atoms with Crippen molar-refractivity contribution in [1.29, 1.82) is 0 Å². The maximum absolute atomic E-state index is 12.6. The predicted octanol–water partition coefficient (Wildman–Crippen LogP) is 4.22. The third kappa shape index (κ3) is 9.86. The molecule has 0 aliphatic rings. The van der Waals surface area contributed by atoms with Gasteiger partial charge in [-0.05, 0) is 78.0 Å². The van der Waals surface area contributed by atoms with Crippen LogP contribution < -0.4 is 21.3 Å². The number of esters is 1. The van der Waals surface area contributed by atoms with Gasteiger partial charge in [0.25, 0.3) is 5.56 Å². The van der Waals surface area contributed by atoms with Gasteiger partial charge in [0.05, 0.1) is 0 Å². The van der Waals surface area contributed by atoms with Gasteiger partial charge in [-0.2, -0.15) is 13.2 Å². The zero-order chi connectivity index (χ0) is 28.7. The molecule has 1 N–H and O–H groups in total. The topological polar surface area (TPSA) is 104 Å². The number of nitrogens with zero attached hydrogens (tertiary/aromatic N) is 3. The number of hydrogen-bond acceptors (Lipinski definition) is 7. The first kappa shape index (κ1) is 30.9. The molecular weight excluding hydrogens is 505 g/mol. The predicted molar refractivity (Wildman–Crippen MR) is 137 cm³/mol. The third-order valence-electron chi connectivity index (χ3n) is 5.39. The monoisotopic (exact) mass is 542 g/mol. The van der Waals surface area contributed by atoms with E-state index in [1.807, 2.05) is 18.2 Å². The maximum Gasteiger partial charge on any atom is 0.389 e. The summed E-state index contributed by atoms with van der Waals surface area (Å²) in [6.07, 6.45) is -3.71. The molecule has 1 heterocycles. The van der Waals surface area contributed by atoms with Gasteiger partial charge in [-0.1, -0.05) is 12.1 Å². The Balaban J connectivity index is 1.91. The molecule has 0 aliphatic heterocycles. The van der Waals surface area contributed by atoms with Crippen molar-refractivity contribution in [3.05, 3.63) is 50.7 Å². The molecular formula is C26H37F3N4O5. The van der Waals surface area contributed by atoms with Crippen molar-refractivity contribution >= 4 is 11.8 Å². The fourth-order valence-electron chi connectivity index (χ4n) is 3.53. The van der Waals surface area contributed by atoms with E-state index in [9.17, 15) is 27.6 Å². The minimum absolute atomic E-state index is 0.0844. The van der Waals surface area contributed by atoms with E-state index < -0.39 is 41.0 Å². The molecule has 2 aromatic rings. The van der Waals surface area contributed by atoms with Gasteiger partial charge in [-0.15, -0.1) is 5.10 Å². The first-order valence-electron chi connectivity index (χ1n) is 12.5. The first-order valence-corrected chi connectivity index (χ1v) is 12.5. The van der Waals surface area contributed by atoms with Gasteiger partial charge in [0.1, 0.15) is 11.4 Å². The number of anilines is 1. The summed E-state index contributed by atoms with van der Waals surface area (Å²) in [5, 5.41) is 6.80. The van der Waals surface area contributed by atoms with Crippen LogP contribution in [0.3, 0.4) is 0 Å². The molecule has 0 bridgehead atoms. The van der Waals surface area contributed by atoms with Gasteiger partial charge in [0, 0.05) is 26.6 Å². The lowest BCUT2D eigenvalue weighted by Gasteiger charge is -2.29. The van der Waals surface area contributed by atoms with Crippen molar-refractivity contribution in [3.63, 3.8) is 0 Å². The normalized spacial score (nSPS) is 12.3. The van der Waals surface area contributed by atoms with Crippen molar-refractivity contribution in [2.75, 3.05) is 11.9 Å². The molecule has 12 heteroatoms. The molecule has 0 unspecified atom stereocenters. The Morgan fingerprint density at radius 3 is 2.37 bits per heavy atom. The van der Waals surface area contributed by atoms with E-state index in [-0.39, 0.29) is 18.8 Å². The summed E-state index contributed by atoms with van der Waals surface area (Å²) in [6.45, 7) is 8.71. The molecule has 0 fully saturated rings. The van der Waals surface area contributed by atoms with Crippen LogP contribution in [0.4, 0.5) is 19.0 Å². The molecule has 0 saturated heterocycles. The minimum atomic E-state index is -4.36. The molecule has 2 rings (SSSR count). The fraction of sp³-hybridized carbons (Fsp3) is 0.615. The van der Waals surface area contributed by atoms with Crippen LogP contribution in [0.5, 0.6) is 5.75 Å². The van der Waals surface area contributed by atoms with Crippen molar-refractivity contribution in [3.8, 4) is 5.75 Å². The van der Waals surface area contributed by atoms with Gasteiger partial charge in [0.2, 0.25) is 5.82 Å². The number of hydrogen-bond donors (Lipinski definition) is 1. The van der Waals surface area contributed by atoms with Gasteiger partial charge in [0.15, 0.2) is 5.60 Å². The van der Waals surface area contributed by atoms with Gasteiger partial charge in [-0.3, -0.25) is 9.36 Å². The summed E-state index contributed by atoms with van der Waals surface area (Å²) in [7, 11) is 1.34. The number of carbonyl (C=O) groups excluding carboxylic acids is 1. The SMILES string of the molecule is Cn1nc(NCCCCc2cccc(OC(C)(C)C(=O)OC(C)(C)C)c2)c(=O)n(CCCC(F)(F)F)c1=O. The van der Waals surface area contributed by atoms with Crippen LogP contribution in [0.1, 0.15) is 65.9 Å². The number of aromatic nitrogens is 3. The Morgan fingerprint density at radius 1 is 1.05 bits per heavy atom. The number of ether oxygens (including phenoxy) is 2. The van der Waals surface area contributed by atoms with E-state index in [2.05, 4.69) is 10.4 Å². The Morgan fingerprint density at radius 2 is 1.74 bits per heavy atom. The number of alkyl halides is 3. The number of benzene rings is 1. The lowest BCUT2D eigenvalue weighted by Crippen LogP contribution is -2.43. The van der Waals surface area contributed by atoms with Gasteiger partial charge >= 0.3 is 17.8 Å². The van der Waals surface area contributed by atoms with Crippen molar-refractivity contribution in [2.24, 2.45) is 7.05 Å². The number of halogens is 3. The summed E-state index contributed by atoms with van der Waals surface area (Å²) in [4.78, 5) is 37.2. The Labute approximate surface area is 219 Å². The average molecular weight is 543 g/mol. The highest BCUT2D eigenvalue weighted by molar-refractivity contribution is 5.79. The van der Waals surface area contributed by atoms with Crippen LogP contribution in [0.25, 0.3) is 0 Å². The van der Waals surface area contributed by atoms with Gasteiger partial charge < -0.3 is 14.8 Å². The van der Waals surface area contributed by atoms with E-state index in [0.29, 0.717) is 25.1 Å². The molecule has 9 nitrogen and oxygen atoms in total. The van der Waals surface area contributed by atoms with Crippen LogP contribution in [0, 0.1) is 0 Å². The number of unbranched alkanes of at least 4 members (excludes halogenated alkanes) is 1. The van der Waals surface area contributed by atoms with Gasteiger partial charge in [-0.25, -0.2) is 14.3 Å². The van der Waals surface area contributed by atoms with E-state index in [1.54, 1.807) is 40.7 Å². The highest BCUT2D eigenvalue weighted by Crippen LogP contribution is 2.24. The van der Waals surface area contributed by atoms with Crippen LogP contribution in [-0.4, -0.2) is 44.2 Å². The van der Waals surface area contributed by atoms with E-state index >= 15 is 0 Å². The minimum Gasteiger partial charge on any atom is -0.476 e. The molecule has 0 aliphatic carbocycles. The molecule has 1 aromatic heterocycles. The Hall–Kier alpha value is -3.31. The fourth-order valence-corrected chi connectivity index (χ4v) is 3.53. The third-order valence-corrected chi connectivity index (χ3v) is 5.39. The zero-order valence-electron chi connectivity index (χ0n) is 22.8. The lowest BCUT2D eigenvalue weighted by atomic mass is 10.1. The lowest BCUT2D eigenvalue weighted by molar-refractivity contribution is -0.170. The summed E-state index contributed by atoms with van der Waals surface area (Å²) in [5.41, 5.74) is -2.31. The summed E-state index contributed by atoms with van der Waals surface area (Å²) < 4.78 is 50.4.